The zero-order chi connectivity index (χ0) is 15.4. The van der Waals surface area contributed by atoms with Crippen LogP contribution < -0.4 is 15.4 Å². The second-order valence-corrected chi connectivity index (χ2v) is 4.32. The van der Waals surface area contributed by atoms with Crippen LogP contribution in [-0.2, 0) is 0 Å². The first-order valence-corrected chi connectivity index (χ1v) is 6.22. The Hall–Kier alpha value is -2.61. The van der Waals surface area contributed by atoms with Crippen LogP contribution in [0.4, 0.5) is 23.1 Å². The molecule has 1 aromatic heterocycles. The number of hydrogen-bond donors (Lipinski definition) is 2. The molecule has 0 aliphatic rings. The molecule has 1 heterocycles. The van der Waals surface area contributed by atoms with Gasteiger partial charge in [-0.05, 0) is 12.1 Å². The minimum atomic E-state index is -0.561. The summed E-state index contributed by atoms with van der Waals surface area (Å²) in [6.45, 7) is 0. The number of nitro groups is 1. The Balaban J connectivity index is 2.40. The fraction of sp³-hybridized carbons (Fsp3) is 0.167. The summed E-state index contributed by atoms with van der Waals surface area (Å²) in [7, 11) is 3.10. The minimum Gasteiger partial charge on any atom is -0.495 e. The van der Waals surface area contributed by atoms with E-state index in [1.54, 1.807) is 25.2 Å². The van der Waals surface area contributed by atoms with Gasteiger partial charge in [-0.15, -0.1) is 0 Å². The molecule has 2 aromatic rings. The van der Waals surface area contributed by atoms with Gasteiger partial charge in [-0.2, -0.15) is 4.98 Å². The standard InChI is InChI=1S/C12H12ClN5O3/c1-14-12-15-6-9(18(19)20)11(17-12)16-7-3-4-8(13)10(5-7)21-2/h3-6H,1-2H3,(H2,14,15,16,17). The minimum absolute atomic E-state index is 0.0729. The van der Waals surface area contributed by atoms with Gasteiger partial charge in [0.15, 0.2) is 0 Å². The highest BCUT2D eigenvalue weighted by atomic mass is 35.5. The van der Waals surface area contributed by atoms with Gasteiger partial charge in [-0.3, -0.25) is 10.1 Å². The van der Waals surface area contributed by atoms with E-state index in [4.69, 9.17) is 16.3 Å². The fourth-order valence-corrected chi connectivity index (χ4v) is 1.79. The van der Waals surface area contributed by atoms with E-state index < -0.39 is 4.92 Å². The van der Waals surface area contributed by atoms with E-state index >= 15 is 0 Å². The third-order valence-corrected chi connectivity index (χ3v) is 2.92. The highest BCUT2D eigenvalue weighted by Gasteiger charge is 2.17. The van der Waals surface area contributed by atoms with Gasteiger partial charge in [0.05, 0.1) is 17.1 Å². The number of nitrogens with one attached hydrogen (secondary N) is 2. The van der Waals surface area contributed by atoms with Gasteiger partial charge in [-0.25, -0.2) is 4.98 Å². The first-order valence-electron chi connectivity index (χ1n) is 5.85. The zero-order valence-electron chi connectivity index (χ0n) is 11.3. The Morgan fingerprint density at radius 3 is 2.81 bits per heavy atom. The molecule has 9 heteroatoms. The van der Waals surface area contributed by atoms with Gasteiger partial charge >= 0.3 is 5.69 Å². The number of benzene rings is 1. The van der Waals surface area contributed by atoms with Gasteiger partial charge in [0, 0.05) is 18.8 Å². The summed E-state index contributed by atoms with van der Waals surface area (Å²) in [6.07, 6.45) is 1.13. The Bertz CT molecular complexity index is 680. The Labute approximate surface area is 125 Å². The predicted molar refractivity (Wildman–Crippen MR) is 79.5 cm³/mol. The molecule has 0 fully saturated rings. The van der Waals surface area contributed by atoms with Crippen molar-refractivity contribution >= 4 is 34.7 Å². The number of anilines is 3. The number of halogens is 1. The SMILES string of the molecule is CNc1ncc([N+](=O)[O-])c(Nc2ccc(Cl)c(OC)c2)n1. The first kappa shape index (κ1) is 14.8. The van der Waals surface area contributed by atoms with Crippen LogP contribution in [0, 0.1) is 10.1 Å². The van der Waals surface area contributed by atoms with Crippen molar-refractivity contribution in [1.82, 2.24) is 9.97 Å². The number of nitrogens with zero attached hydrogens (tertiary/aromatic N) is 3. The fourth-order valence-electron chi connectivity index (χ4n) is 1.60. The Morgan fingerprint density at radius 1 is 1.43 bits per heavy atom. The molecule has 8 nitrogen and oxygen atoms in total. The lowest BCUT2D eigenvalue weighted by Crippen LogP contribution is -2.04. The molecule has 21 heavy (non-hydrogen) atoms. The Kier molecular flexibility index (Phi) is 4.39. The predicted octanol–water partition coefficient (Wildman–Crippen LogP) is 2.83. The molecule has 0 aliphatic carbocycles. The summed E-state index contributed by atoms with van der Waals surface area (Å²) in [5, 5.41) is 17.0. The van der Waals surface area contributed by atoms with Crippen LogP contribution in [0.2, 0.25) is 5.02 Å². The van der Waals surface area contributed by atoms with Crippen molar-refractivity contribution in [3.05, 3.63) is 39.5 Å². The van der Waals surface area contributed by atoms with Crippen molar-refractivity contribution < 1.29 is 9.66 Å². The quantitative estimate of drug-likeness (QED) is 0.646. The lowest BCUT2D eigenvalue weighted by molar-refractivity contribution is -0.384. The van der Waals surface area contributed by atoms with Gasteiger partial charge in [-0.1, -0.05) is 11.6 Å². The summed E-state index contributed by atoms with van der Waals surface area (Å²) in [5.41, 5.74) is 0.322. The lowest BCUT2D eigenvalue weighted by Gasteiger charge is -2.09. The summed E-state index contributed by atoms with van der Waals surface area (Å²) < 4.78 is 5.10. The maximum Gasteiger partial charge on any atom is 0.329 e. The van der Waals surface area contributed by atoms with E-state index in [-0.39, 0.29) is 17.5 Å². The lowest BCUT2D eigenvalue weighted by atomic mass is 10.3. The molecule has 2 rings (SSSR count). The number of methoxy groups -OCH3 is 1. The second-order valence-electron chi connectivity index (χ2n) is 3.91. The molecule has 0 aliphatic heterocycles. The summed E-state index contributed by atoms with van der Waals surface area (Å²) >= 11 is 5.93. The van der Waals surface area contributed by atoms with Crippen LogP contribution in [0.3, 0.4) is 0 Å². The number of aromatic nitrogens is 2. The summed E-state index contributed by atoms with van der Waals surface area (Å²) in [5.74, 6) is 0.792. The van der Waals surface area contributed by atoms with Crippen LogP contribution >= 0.6 is 11.6 Å². The van der Waals surface area contributed by atoms with Gasteiger partial charge in [0.1, 0.15) is 11.9 Å². The van der Waals surface area contributed by atoms with E-state index in [0.717, 1.165) is 6.20 Å². The summed E-state index contributed by atoms with van der Waals surface area (Å²) in [4.78, 5) is 18.3. The highest BCUT2D eigenvalue weighted by molar-refractivity contribution is 6.32. The first-order chi connectivity index (χ1) is 10.0. The van der Waals surface area contributed by atoms with Crippen LogP contribution in [0.1, 0.15) is 0 Å². The molecular formula is C12H12ClN5O3. The van der Waals surface area contributed by atoms with E-state index in [1.807, 2.05) is 0 Å². The third-order valence-electron chi connectivity index (χ3n) is 2.60. The van der Waals surface area contributed by atoms with Crippen molar-refractivity contribution in [2.75, 3.05) is 24.8 Å². The van der Waals surface area contributed by atoms with Crippen molar-refractivity contribution in [3.63, 3.8) is 0 Å². The summed E-state index contributed by atoms with van der Waals surface area (Å²) in [6, 6.07) is 4.90. The normalized spacial score (nSPS) is 10.0. The van der Waals surface area contributed by atoms with E-state index in [0.29, 0.717) is 16.5 Å². The maximum atomic E-state index is 11.0. The molecule has 110 valence electrons. The molecule has 2 N–H and O–H groups in total. The molecule has 0 amide bonds. The molecule has 0 spiro atoms. The van der Waals surface area contributed by atoms with Crippen LogP contribution in [0.5, 0.6) is 5.75 Å². The number of rotatable bonds is 5. The van der Waals surface area contributed by atoms with Crippen LogP contribution in [-0.4, -0.2) is 29.0 Å². The zero-order valence-corrected chi connectivity index (χ0v) is 12.0. The van der Waals surface area contributed by atoms with Crippen molar-refractivity contribution in [1.29, 1.82) is 0 Å². The van der Waals surface area contributed by atoms with Crippen LogP contribution in [0.25, 0.3) is 0 Å². The largest absolute Gasteiger partial charge is 0.495 e. The monoisotopic (exact) mass is 309 g/mol. The van der Waals surface area contributed by atoms with Crippen LogP contribution in [0.15, 0.2) is 24.4 Å². The Morgan fingerprint density at radius 2 is 2.19 bits per heavy atom. The van der Waals surface area contributed by atoms with Gasteiger partial charge in [0.2, 0.25) is 11.8 Å². The highest BCUT2D eigenvalue weighted by Crippen LogP contribution is 2.31. The van der Waals surface area contributed by atoms with Crippen molar-refractivity contribution in [2.45, 2.75) is 0 Å². The van der Waals surface area contributed by atoms with E-state index in [9.17, 15) is 10.1 Å². The molecule has 0 atom stereocenters. The number of hydrogen-bond acceptors (Lipinski definition) is 7. The number of ether oxygens (including phenoxy) is 1. The second kappa shape index (κ2) is 6.23. The maximum absolute atomic E-state index is 11.0. The topological polar surface area (TPSA) is 102 Å². The smallest absolute Gasteiger partial charge is 0.329 e. The average molecular weight is 310 g/mol. The molecule has 0 radical (unpaired) electrons. The van der Waals surface area contributed by atoms with Crippen molar-refractivity contribution in [2.24, 2.45) is 0 Å². The molecule has 0 saturated heterocycles. The van der Waals surface area contributed by atoms with Crippen molar-refractivity contribution in [3.8, 4) is 5.75 Å². The van der Waals surface area contributed by atoms with E-state index in [1.165, 1.54) is 7.11 Å². The van der Waals surface area contributed by atoms with Gasteiger partial charge in [0.25, 0.3) is 0 Å². The van der Waals surface area contributed by atoms with Gasteiger partial charge < -0.3 is 15.4 Å². The molecule has 0 bridgehead atoms. The average Bonchev–Trinajstić information content (AvgIpc) is 2.48. The molecule has 0 unspecified atom stereocenters. The molecular weight excluding hydrogens is 298 g/mol. The molecule has 1 aromatic carbocycles. The third kappa shape index (κ3) is 3.29. The molecule has 0 saturated carbocycles. The van der Waals surface area contributed by atoms with E-state index in [2.05, 4.69) is 20.6 Å².